The van der Waals surface area contributed by atoms with Crippen LogP contribution in [-0.4, -0.2) is 39.3 Å². The standard InChI is InChI=1S/C20H22O6/c1-22-13-6-4-11(5-7-13)14-8-12(21)9-15-16(14)18(24-3)20-19(17(15)23-2)25-10-26-20/h4-7,12,14,21H,8-10H2,1-3H3/t12-,14-/m0/s1. The lowest BCUT2D eigenvalue weighted by atomic mass is 9.76. The molecule has 26 heavy (non-hydrogen) atoms. The molecular formula is C20H22O6. The molecule has 2 aromatic rings. The highest BCUT2D eigenvalue weighted by Crippen LogP contribution is 2.57. The number of hydrogen-bond donors (Lipinski definition) is 1. The first-order valence-corrected chi connectivity index (χ1v) is 8.56. The van der Waals surface area contributed by atoms with E-state index in [4.69, 9.17) is 23.7 Å². The van der Waals surface area contributed by atoms with E-state index in [-0.39, 0.29) is 12.7 Å². The third-order valence-corrected chi connectivity index (χ3v) is 5.09. The summed E-state index contributed by atoms with van der Waals surface area (Å²) in [5, 5.41) is 10.5. The normalized spacial score (nSPS) is 20.5. The summed E-state index contributed by atoms with van der Waals surface area (Å²) in [5.41, 5.74) is 2.97. The van der Waals surface area contributed by atoms with Gasteiger partial charge in [0.2, 0.25) is 18.3 Å². The van der Waals surface area contributed by atoms with E-state index in [0.29, 0.717) is 35.8 Å². The van der Waals surface area contributed by atoms with Crippen molar-refractivity contribution in [1.82, 2.24) is 0 Å². The summed E-state index contributed by atoms with van der Waals surface area (Å²) in [5.74, 6) is 3.13. The van der Waals surface area contributed by atoms with Crippen molar-refractivity contribution < 1.29 is 28.8 Å². The predicted octanol–water partition coefficient (Wildman–Crippen LogP) is 2.88. The van der Waals surface area contributed by atoms with Crippen LogP contribution >= 0.6 is 0 Å². The first-order chi connectivity index (χ1) is 12.7. The van der Waals surface area contributed by atoms with Crippen LogP contribution in [0.25, 0.3) is 0 Å². The fourth-order valence-corrected chi connectivity index (χ4v) is 3.97. The van der Waals surface area contributed by atoms with Crippen molar-refractivity contribution in [2.75, 3.05) is 28.1 Å². The van der Waals surface area contributed by atoms with Gasteiger partial charge in [-0.2, -0.15) is 0 Å². The van der Waals surface area contributed by atoms with Crippen molar-refractivity contribution in [3.05, 3.63) is 41.0 Å². The minimum absolute atomic E-state index is 0.0435. The molecule has 2 atom stereocenters. The Labute approximate surface area is 152 Å². The molecule has 0 spiro atoms. The van der Waals surface area contributed by atoms with E-state index in [2.05, 4.69) is 0 Å². The number of aliphatic hydroxyl groups excluding tert-OH is 1. The average Bonchev–Trinajstić information content (AvgIpc) is 3.14. The molecule has 0 radical (unpaired) electrons. The van der Waals surface area contributed by atoms with Crippen LogP contribution in [0.4, 0.5) is 0 Å². The molecule has 1 aliphatic heterocycles. The van der Waals surface area contributed by atoms with Gasteiger partial charge in [0.25, 0.3) is 0 Å². The fraction of sp³-hybridized carbons (Fsp3) is 0.400. The molecule has 0 aromatic heterocycles. The second-order valence-corrected chi connectivity index (χ2v) is 6.44. The van der Waals surface area contributed by atoms with Crippen molar-refractivity contribution in [3.8, 4) is 28.7 Å². The fourth-order valence-electron chi connectivity index (χ4n) is 3.97. The minimum atomic E-state index is -0.478. The Hall–Kier alpha value is -2.60. The summed E-state index contributed by atoms with van der Waals surface area (Å²) in [6, 6.07) is 7.88. The van der Waals surface area contributed by atoms with Gasteiger partial charge < -0.3 is 28.8 Å². The zero-order chi connectivity index (χ0) is 18.3. The number of methoxy groups -OCH3 is 3. The second-order valence-electron chi connectivity index (χ2n) is 6.44. The highest BCUT2D eigenvalue weighted by Gasteiger charge is 2.38. The molecule has 2 aromatic carbocycles. The van der Waals surface area contributed by atoms with Gasteiger partial charge in [0.15, 0.2) is 11.5 Å². The van der Waals surface area contributed by atoms with Crippen LogP contribution in [0.15, 0.2) is 24.3 Å². The molecule has 2 aliphatic rings. The van der Waals surface area contributed by atoms with E-state index in [9.17, 15) is 5.11 Å². The van der Waals surface area contributed by atoms with Crippen molar-refractivity contribution in [2.45, 2.75) is 24.9 Å². The predicted molar refractivity (Wildman–Crippen MR) is 94.8 cm³/mol. The van der Waals surface area contributed by atoms with Crippen LogP contribution in [0.2, 0.25) is 0 Å². The Balaban J connectivity index is 1.93. The Bertz CT molecular complexity index is 814. The maximum atomic E-state index is 10.5. The Morgan fingerprint density at radius 1 is 0.923 bits per heavy atom. The lowest BCUT2D eigenvalue weighted by Crippen LogP contribution is -2.25. The van der Waals surface area contributed by atoms with E-state index in [1.807, 2.05) is 24.3 Å². The molecule has 1 heterocycles. The largest absolute Gasteiger partial charge is 0.497 e. The number of fused-ring (bicyclic) bond motifs is 2. The van der Waals surface area contributed by atoms with Gasteiger partial charge in [-0.1, -0.05) is 12.1 Å². The molecule has 0 fully saturated rings. The van der Waals surface area contributed by atoms with Crippen LogP contribution in [0.1, 0.15) is 29.0 Å². The Kier molecular flexibility index (Phi) is 4.28. The molecule has 6 nitrogen and oxygen atoms in total. The van der Waals surface area contributed by atoms with Crippen molar-refractivity contribution >= 4 is 0 Å². The maximum Gasteiger partial charge on any atom is 0.231 e. The lowest BCUT2D eigenvalue weighted by Gasteiger charge is -2.32. The molecule has 1 aliphatic carbocycles. The first-order valence-electron chi connectivity index (χ1n) is 8.56. The smallest absolute Gasteiger partial charge is 0.231 e. The topological polar surface area (TPSA) is 66.4 Å². The minimum Gasteiger partial charge on any atom is -0.497 e. The summed E-state index contributed by atoms with van der Waals surface area (Å²) in [7, 11) is 4.87. The van der Waals surface area contributed by atoms with Gasteiger partial charge in [-0.25, -0.2) is 0 Å². The van der Waals surface area contributed by atoms with Gasteiger partial charge in [0, 0.05) is 23.5 Å². The second kappa shape index (κ2) is 6.61. The van der Waals surface area contributed by atoms with Crippen LogP contribution in [0, 0.1) is 0 Å². The maximum absolute atomic E-state index is 10.5. The van der Waals surface area contributed by atoms with Gasteiger partial charge in [0.1, 0.15) is 5.75 Å². The Morgan fingerprint density at radius 3 is 2.19 bits per heavy atom. The van der Waals surface area contributed by atoms with Gasteiger partial charge >= 0.3 is 0 Å². The van der Waals surface area contributed by atoms with Crippen LogP contribution in [-0.2, 0) is 6.42 Å². The van der Waals surface area contributed by atoms with Crippen LogP contribution < -0.4 is 23.7 Å². The summed E-state index contributed by atoms with van der Waals surface area (Å²) in [4.78, 5) is 0. The van der Waals surface area contributed by atoms with E-state index >= 15 is 0 Å². The number of hydrogen-bond acceptors (Lipinski definition) is 6. The first kappa shape index (κ1) is 16.8. The zero-order valence-corrected chi connectivity index (χ0v) is 15.1. The van der Waals surface area contributed by atoms with Gasteiger partial charge in [0.05, 0.1) is 27.4 Å². The van der Waals surface area contributed by atoms with Gasteiger partial charge in [-0.3, -0.25) is 0 Å². The molecule has 0 saturated carbocycles. The third kappa shape index (κ3) is 2.52. The monoisotopic (exact) mass is 358 g/mol. The SMILES string of the molecule is COc1ccc([C@@H]2C[C@H](O)Cc3c(OC)c4c(c(OC)c32)OCO4)cc1. The van der Waals surface area contributed by atoms with E-state index in [1.54, 1.807) is 21.3 Å². The average molecular weight is 358 g/mol. The van der Waals surface area contributed by atoms with Crippen molar-refractivity contribution in [1.29, 1.82) is 0 Å². The molecule has 1 N–H and O–H groups in total. The molecule has 4 rings (SSSR count). The quantitative estimate of drug-likeness (QED) is 0.907. The lowest BCUT2D eigenvalue weighted by molar-refractivity contribution is 0.149. The highest BCUT2D eigenvalue weighted by molar-refractivity contribution is 5.70. The molecule has 0 saturated heterocycles. The molecular weight excluding hydrogens is 336 g/mol. The molecule has 0 unspecified atom stereocenters. The summed E-state index contributed by atoms with van der Waals surface area (Å²) in [6.07, 6.45) is 0.602. The summed E-state index contributed by atoms with van der Waals surface area (Å²) >= 11 is 0. The van der Waals surface area contributed by atoms with Crippen LogP contribution in [0.3, 0.4) is 0 Å². The number of aliphatic hydroxyl groups is 1. The highest BCUT2D eigenvalue weighted by atomic mass is 16.7. The molecule has 6 heteroatoms. The Morgan fingerprint density at radius 2 is 1.58 bits per heavy atom. The zero-order valence-electron chi connectivity index (χ0n) is 15.1. The van der Waals surface area contributed by atoms with E-state index < -0.39 is 6.10 Å². The summed E-state index contributed by atoms with van der Waals surface area (Å²) < 4.78 is 27.9. The van der Waals surface area contributed by atoms with Crippen molar-refractivity contribution in [2.24, 2.45) is 0 Å². The van der Waals surface area contributed by atoms with E-state index in [1.165, 1.54) is 0 Å². The third-order valence-electron chi connectivity index (χ3n) is 5.09. The number of rotatable bonds is 4. The van der Waals surface area contributed by atoms with Gasteiger partial charge in [-0.15, -0.1) is 0 Å². The van der Waals surface area contributed by atoms with Crippen LogP contribution in [0.5, 0.6) is 28.7 Å². The molecule has 138 valence electrons. The number of ether oxygens (including phenoxy) is 5. The van der Waals surface area contributed by atoms with E-state index in [0.717, 1.165) is 22.4 Å². The molecule has 0 amide bonds. The number of benzene rings is 2. The van der Waals surface area contributed by atoms with Gasteiger partial charge in [-0.05, 0) is 24.1 Å². The summed E-state index contributed by atoms with van der Waals surface area (Å²) in [6.45, 7) is 0.126. The molecule has 0 bridgehead atoms. The van der Waals surface area contributed by atoms with Crippen molar-refractivity contribution in [3.63, 3.8) is 0 Å².